The van der Waals surface area contributed by atoms with E-state index in [-0.39, 0.29) is 36.0 Å². The molecule has 1 aromatic carbocycles. The number of carbonyl (C=O) groups is 3. The number of hydrogen-bond donors (Lipinski definition) is 4. The Bertz CT molecular complexity index is 1340. The lowest BCUT2D eigenvalue weighted by molar-refractivity contribution is -0.137. The van der Waals surface area contributed by atoms with Gasteiger partial charge in [0.25, 0.3) is 5.91 Å². The van der Waals surface area contributed by atoms with Crippen LogP contribution in [-0.2, 0) is 9.59 Å². The lowest BCUT2D eigenvalue weighted by atomic mass is 10.00. The number of nitrogens with zero attached hydrogens (tertiary/aromatic N) is 2. The Kier molecular flexibility index (Phi) is 8.61. The molecule has 1 aliphatic heterocycles. The number of aromatic nitrogens is 1. The topological polar surface area (TPSA) is 144 Å². The van der Waals surface area contributed by atoms with Gasteiger partial charge in [0.05, 0.1) is 10.6 Å². The highest BCUT2D eigenvalue weighted by Gasteiger charge is 2.45. The number of likely N-dealkylation sites (tertiary alicyclic amines) is 1. The summed E-state index contributed by atoms with van der Waals surface area (Å²) in [6, 6.07) is 11.0. The molecule has 2 atom stereocenters. The van der Waals surface area contributed by atoms with Gasteiger partial charge in [0.2, 0.25) is 11.7 Å². The third-order valence-corrected chi connectivity index (χ3v) is 9.41. The van der Waals surface area contributed by atoms with E-state index in [4.69, 9.17) is 5.41 Å². The minimum atomic E-state index is -3.95. The van der Waals surface area contributed by atoms with E-state index >= 15 is 0 Å². The van der Waals surface area contributed by atoms with Crippen molar-refractivity contribution in [1.29, 1.82) is 5.41 Å². The van der Waals surface area contributed by atoms with Crippen LogP contribution in [-0.4, -0.2) is 60.3 Å². The van der Waals surface area contributed by atoms with E-state index in [9.17, 15) is 23.5 Å². The Morgan fingerprint density at radius 3 is 2.63 bits per heavy atom. The smallest absolute Gasteiger partial charge is 0.262 e. The van der Waals surface area contributed by atoms with Gasteiger partial charge in [0, 0.05) is 18.1 Å². The molecule has 38 heavy (non-hydrogen) atoms. The molecule has 2 amide bonds. The van der Waals surface area contributed by atoms with Gasteiger partial charge in [-0.1, -0.05) is 44.2 Å². The highest BCUT2D eigenvalue weighted by Crippen LogP contribution is 2.53. The van der Waals surface area contributed by atoms with Crippen LogP contribution in [0.25, 0.3) is 10.8 Å². The molecule has 1 unspecified atom stereocenters. The molecule has 4 N–H and O–H groups in total. The fourth-order valence-electron chi connectivity index (χ4n) is 4.59. The first-order chi connectivity index (χ1) is 18.1. The second-order valence-electron chi connectivity index (χ2n) is 9.75. The molecular weight excluding hydrogens is 524 g/mol. The molecule has 9 nitrogen and oxygen atoms in total. The van der Waals surface area contributed by atoms with Crippen LogP contribution in [0, 0.1) is 11.3 Å². The van der Waals surface area contributed by atoms with Gasteiger partial charge in [-0.3, -0.25) is 23.5 Å². The molecule has 3 heterocycles. The normalized spacial score (nSPS) is 18.2. The van der Waals surface area contributed by atoms with Gasteiger partial charge in [0.15, 0.2) is 5.37 Å². The summed E-state index contributed by atoms with van der Waals surface area (Å²) in [7, 11) is -3.95. The fourth-order valence-corrected chi connectivity index (χ4v) is 7.25. The maximum absolute atomic E-state index is 14.1. The van der Waals surface area contributed by atoms with E-state index in [1.807, 2.05) is 43.5 Å². The Hall–Kier alpha value is -3.12. The van der Waals surface area contributed by atoms with Gasteiger partial charge in [-0.15, -0.1) is 21.9 Å². The summed E-state index contributed by atoms with van der Waals surface area (Å²) in [6.45, 7) is 3.91. The van der Waals surface area contributed by atoms with Crippen LogP contribution in [0.5, 0.6) is 0 Å². The summed E-state index contributed by atoms with van der Waals surface area (Å²) >= 11 is 1.28. The predicted molar refractivity (Wildman–Crippen MR) is 150 cm³/mol. The molecule has 4 rings (SSSR count). The highest BCUT2D eigenvalue weighted by atomic mass is 32.3. The lowest BCUT2D eigenvalue weighted by Crippen LogP contribution is -2.57. The molecule has 0 aliphatic carbocycles. The molecule has 1 aliphatic rings. The van der Waals surface area contributed by atoms with Crippen LogP contribution in [0.1, 0.15) is 49.2 Å². The summed E-state index contributed by atoms with van der Waals surface area (Å²) in [5, 5.41) is 12.9. The molecule has 0 radical (unpaired) electrons. The summed E-state index contributed by atoms with van der Waals surface area (Å²) in [4.78, 5) is 46.5. The van der Waals surface area contributed by atoms with Crippen LogP contribution in [0.2, 0.25) is 0 Å². The Morgan fingerprint density at radius 1 is 1.18 bits per heavy atom. The second kappa shape index (κ2) is 11.7. The Morgan fingerprint density at radius 2 is 1.92 bits per heavy atom. The highest BCUT2D eigenvalue weighted by molar-refractivity contribution is 8.25. The standard InChI is InChI=1S/C27H32N4O5S2/c1-17(2)15-21(30-25(33)24-19-10-4-3-9-18(19)16-37-24)26(34)31-14-8-6-11-20(28)23(32)27(31)38(35,36)22-12-5-7-13-29-22/h3-5,7,9-10,12-13,16-17,21,27-28,35-36H,6,8,11,14-15H2,1-2H3,(H,30,33)/t21-,27?/m0/s1. The van der Waals surface area contributed by atoms with E-state index in [2.05, 4.69) is 10.3 Å². The summed E-state index contributed by atoms with van der Waals surface area (Å²) in [5.74, 6) is -1.80. The Labute approximate surface area is 227 Å². The first-order valence-corrected chi connectivity index (χ1v) is 15.0. The minimum Gasteiger partial charge on any atom is -0.340 e. The number of pyridine rings is 1. The molecule has 3 aromatic rings. The van der Waals surface area contributed by atoms with Crippen LogP contribution in [0.15, 0.2) is 59.1 Å². The number of benzene rings is 1. The number of hydrogen-bond acceptors (Lipinski definition) is 8. The van der Waals surface area contributed by atoms with Crippen LogP contribution in [0.3, 0.4) is 0 Å². The van der Waals surface area contributed by atoms with Crippen molar-refractivity contribution in [2.24, 2.45) is 5.92 Å². The number of nitrogens with one attached hydrogen (secondary N) is 2. The van der Waals surface area contributed by atoms with Gasteiger partial charge >= 0.3 is 0 Å². The van der Waals surface area contributed by atoms with Crippen molar-refractivity contribution in [1.82, 2.24) is 15.2 Å². The van der Waals surface area contributed by atoms with E-state index in [1.54, 1.807) is 12.1 Å². The monoisotopic (exact) mass is 556 g/mol. The maximum atomic E-state index is 14.1. The number of fused-ring (bicyclic) bond motifs is 1. The Balaban J connectivity index is 1.71. The molecule has 1 fully saturated rings. The second-order valence-corrected chi connectivity index (χ2v) is 12.7. The van der Waals surface area contributed by atoms with Crippen molar-refractivity contribution in [2.45, 2.75) is 56.0 Å². The summed E-state index contributed by atoms with van der Waals surface area (Å²) in [6.07, 6.45) is 2.82. The number of amides is 2. The van der Waals surface area contributed by atoms with Gasteiger partial charge < -0.3 is 15.6 Å². The lowest BCUT2D eigenvalue weighted by Gasteiger charge is -2.45. The predicted octanol–water partition coefficient (Wildman–Crippen LogP) is 5.18. The minimum absolute atomic E-state index is 0.0164. The average molecular weight is 557 g/mol. The summed E-state index contributed by atoms with van der Waals surface area (Å²) < 4.78 is 22.7. The van der Waals surface area contributed by atoms with Crippen LogP contribution < -0.4 is 5.32 Å². The average Bonchev–Trinajstić information content (AvgIpc) is 3.33. The molecule has 11 heteroatoms. The third kappa shape index (κ3) is 5.80. The molecular formula is C27H32N4O5S2. The largest absolute Gasteiger partial charge is 0.340 e. The third-order valence-electron chi connectivity index (χ3n) is 6.45. The first-order valence-electron chi connectivity index (χ1n) is 12.5. The molecule has 202 valence electrons. The van der Waals surface area contributed by atoms with Gasteiger partial charge in [-0.05, 0) is 54.5 Å². The van der Waals surface area contributed by atoms with Crippen molar-refractivity contribution in [3.8, 4) is 0 Å². The fraction of sp³-hybridized carbons (Fsp3) is 0.370. The SMILES string of the molecule is CC(C)C[C@H](NC(=O)c1scc2ccccc12)C(=O)N1CCCCC(=N)C(=O)C1S(O)(O)c1ccccn1. The van der Waals surface area contributed by atoms with Crippen molar-refractivity contribution in [3.63, 3.8) is 0 Å². The molecule has 0 spiro atoms. The zero-order valence-corrected chi connectivity index (χ0v) is 22.9. The van der Waals surface area contributed by atoms with E-state index < -0.39 is 39.6 Å². The van der Waals surface area contributed by atoms with Crippen molar-refractivity contribution < 1.29 is 23.5 Å². The number of thiophene rings is 1. The molecule has 0 saturated carbocycles. The van der Waals surface area contributed by atoms with E-state index in [1.165, 1.54) is 23.6 Å². The number of rotatable bonds is 7. The zero-order chi connectivity index (χ0) is 27.4. The number of carbonyl (C=O) groups excluding carboxylic acids is 3. The van der Waals surface area contributed by atoms with E-state index in [0.29, 0.717) is 17.7 Å². The molecule has 2 aromatic heterocycles. The van der Waals surface area contributed by atoms with Crippen molar-refractivity contribution in [2.75, 3.05) is 6.54 Å². The van der Waals surface area contributed by atoms with Crippen molar-refractivity contribution >= 4 is 56.0 Å². The van der Waals surface area contributed by atoms with Crippen LogP contribution >= 0.6 is 21.9 Å². The number of ketones is 1. The summed E-state index contributed by atoms with van der Waals surface area (Å²) in [5.41, 5.74) is -0.266. The van der Waals surface area contributed by atoms with Gasteiger partial charge in [-0.2, -0.15) is 0 Å². The molecule has 0 bridgehead atoms. The van der Waals surface area contributed by atoms with Crippen LogP contribution in [0.4, 0.5) is 0 Å². The molecule has 1 saturated heterocycles. The maximum Gasteiger partial charge on any atom is 0.262 e. The van der Waals surface area contributed by atoms with Gasteiger partial charge in [-0.25, -0.2) is 4.98 Å². The van der Waals surface area contributed by atoms with Crippen molar-refractivity contribution in [3.05, 3.63) is 58.9 Å². The van der Waals surface area contributed by atoms with E-state index in [0.717, 1.165) is 15.7 Å². The quantitative estimate of drug-likeness (QED) is 0.316. The number of Topliss-reactive ketones (excluding diaryl/α,β-unsaturated/α-hetero) is 1. The zero-order valence-electron chi connectivity index (χ0n) is 21.3. The van der Waals surface area contributed by atoms with Gasteiger partial charge in [0.1, 0.15) is 11.1 Å². The first kappa shape index (κ1) is 27.9.